The average molecular weight is 557 g/mol. The summed E-state index contributed by atoms with van der Waals surface area (Å²) < 4.78 is 55.3. The molecule has 0 radical (unpaired) electrons. The van der Waals surface area contributed by atoms with Crippen molar-refractivity contribution in [3.05, 3.63) is 125 Å². The second-order valence-corrected chi connectivity index (χ2v) is 10.9. The summed E-state index contributed by atoms with van der Waals surface area (Å²) in [4.78, 5) is 19.1. The van der Waals surface area contributed by atoms with Gasteiger partial charge >= 0.3 is 6.18 Å². The van der Waals surface area contributed by atoms with Crippen LogP contribution in [0.3, 0.4) is 0 Å². The number of likely N-dealkylation sites (tertiary alicyclic amines) is 1. The molecule has 0 N–H and O–H groups in total. The first-order valence-electron chi connectivity index (χ1n) is 13.3. The predicted molar refractivity (Wildman–Crippen MR) is 145 cm³/mol. The van der Waals surface area contributed by atoms with Crippen LogP contribution in [0.4, 0.5) is 17.6 Å². The summed E-state index contributed by atoms with van der Waals surface area (Å²) in [7, 11) is 0. The van der Waals surface area contributed by atoms with Gasteiger partial charge in [0.25, 0.3) is 5.91 Å². The number of fused-ring (bicyclic) bond motifs is 2. The zero-order valence-corrected chi connectivity index (χ0v) is 21.9. The van der Waals surface area contributed by atoms with Crippen LogP contribution in [0.5, 0.6) is 0 Å². The lowest BCUT2D eigenvalue weighted by molar-refractivity contribution is -0.137. The molecule has 9 heteroatoms. The summed E-state index contributed by atoms with van der Waals surface area (Å²) in [5.74, 6) is -0.569. The number of amides is 1. The highest BCUT2D eigenvalue weighted by atomic mass is 19.4. The number of carbonyl (C=O) groups excluding carboxylic acids is 1. The van der Waals surface area contributed by atoms with E-state index in [2.05, 4.69) is 34.3 Å². The number of piperidine rings is 1. The lowest BCUT2D eigenvalue weighted by atomic mass is 9.86. The Morgan fingerprint density at radius 3 is 2.49 bits per heavy atom. The molecule has 1 aliphatic carbocycles. The van der Waals surface area contributed by atoms with Crippen LogP contribution < -0.4 is 0 Å². The molecular weight excluding hydrogens is 532 g/mol. The quantitative estimate of drug-likeness (QED) is 0.232. The Labute approximate surface area is 233 Å². The first-order chi connectivity index (χ1) is 19.7. The molecule has 2 aliphatic rings. The molecule has 1 aliphatic heterocycles. The molecule has 2 aromatic heterocycles. The largest absolute Gasteiger partial charge is 0.416 e. The van der Waals surface area contributed by atoms with Crippen molar-refractivity contribution >= 4 is 16.8 Å². The molecular formula is C32H24F4N4O. The number of hydrogen-bond donors (Lipinski definition) is 0. The third kappa shape index (κ3) is 4.02. The van der Waals surface area contributed by atoms with Gasteiger partial charge in [-0.05, 0) is 78.1 Å². The van der Waals surface area contributed by atoms with Gasteiger partial charge in [-0.3, -0.25) is 9.78 Å². The van der Waals surface area contributed by atoms with Crippen molar-refractivity contribution in [1.82, 2.24) is 19.7 Å². The highest BCUT2D eigenvalue weighted by molar-refractivity contribution is 5.93. The maximum absolute atomic E-state index is 13.5. The third-order valence-corrected chi connectivity index (χ3v) is 8.62. The first kappa shape index (κ1) is 25.4. The van der Waals surface area contributed by atoms with E-state index in [9.17, 15) is 22.4 Å². The molecule has 0 bridgehead atoms. The van der Waals surface area contributed by atoms with E-state index in [1.54, 1.807) is 27.9 Å². The van der Waals surface area contributed by atoms with Crippen molar-refractivity contribution in [2.45, 2.75) is 24.4 Å². The van der Waals surface area contributed by atoms with Gasteiger partial charge in [0.15, 0.2) is 0 Å². The second kappa shape index (κ2) is 8.99. The average Bonchev–Trinajstić information content (AvgIpc) is 3.22. The Balaban J connectivity index is 1.28. The Bertz CT molecular complexity index is 1800. The van der Waals surface area contributed by atoms with E-state index in [1.807, 2.05) is 25.1 Å². The number of hydrogen-bond acceptors (Lipinski definition) is 3. The number of aryl methyl sites for hydroxylation is 1. The van der Waals surface area contributed by atoms with Gasteiger partial charge in [-0.25, -0.2) is 9.07 Å². The van der Waals surface area contributed by atoms with E-state index >= 15 is 0 Å². The molecule has 3 aromatic carbocycles. The number of benzene rings is 3. The molecule has 2 fully saturated rings. The first-order valence-corrected chi connectivity index (χ1v) is 13.3. The fourth-order valence-corrected chi connectivity index (χ4v) is 6.77. The Morgan fingerprint density at radius 2 is 1.76 bits per heavy atom. The van der Waals surface area contributed by atoms with E-state index in [0.29, 0.717) is 13.1 Å². The van der Waals surface area contributed by atoms with Crippen molar-refractivity contribution in [3.63, 3.8) is 0 Å². The molecule has 3 heterocycles. The number of pyridine rings is 1. The van der Waals surface area contributed by atoms with Crippen LogP contribution in [0.25, 0.3) is 16.6 Å². The van der Waals surface area contributed by atoms with Crippen LogP contribution in [0.1, 0.15) is 38.7 Å². The van der Waals surface area contributed by atoms with Gasteiger partial charge in [0.2, 0.25) is 0 Å². The highest BCUT2D eigenvalue weighted by Gasteiger charge is 2.71. The fourth-order valence-electron chi connectivity index (χ4n) is 6.77. The lowest BCUT2D eigenvalue weighted by Gasteiger charge is -2.26. The molecule has 1 saturated carbocycles. The van der Waals surface area contributed by atoms with Crippen molar-refractivity contribution in [3.8, 4) is 5.69 Å². The number of alkyl halides is 3. The zero-order chi connectivity index (χ0) is 28.5. The standard InChI is InChI=1S/C32H24F4N4O/c1-19-13-28-21(16-38-40(28)24-9-7-23(33)8-10-24)14-25(19)31-18-39(17-26(31)29(31)20-5-3-2-4-6-20)30(41)27-15-22(11-12-37-27)32(34,35)36/h2-16,26,29H,17-18H2,1H3/t26-,29-,31+/m1/s1. The van der Waals surface area contributed by atoms with Gasteiger partial charge in [0, 0.05) is 36.0 Å². The lowest BCUT2D eigenvalue weighted by Crippen LogP contribution is -2.35. The maximum Gasteiger partial charge on any atom is 0.416 e. The van der Waals surface area contributed by atoms with Gasteiger partial charge in [-0.2, -0.15) is 18.3 Å². The van der Waals surface area contributed by atoms with E-state index in [4.69, 9.17) is 0 Å². The molecule has 1 saturated heterocycles. The second-order valence-electron chi connectivity index (χ2n) is 10.9. The van der Waals surface area contributed by atoms with E-state index < -0.39 is 23.1 Å². The van der Waals surface area contributed by atoms with E-state index in [-0.39, 0.29) is 23.3 Å². The van der Waals surface area contributed by atoms with Crippen LogP contribution in [0.15, 0.2) is 91.3 Å². The minimum absolute atomic E-state index is 0.0999. The van der Waals surface area contributed by atoms with Crippen LogP contribution in [-0.4, -0.2) is 38.7 Å². The monoisotopic (exact) mass is 556 g/mol. The van der Waals surface area contributed by atoms with E-state index in [1.165, 1.54) is 17.7 Å². The molecule has 206 valence electrons. The molecule has 1 amide bonds. The van der Waals surface area contributed by atoms with Crippen LogP contribution in [-0.2, 0) is 11.6 Å². The topological polar surface area (TPSA) is 51.0 Å². The van der Waals surface area contributed by atoms with Crippen molar-refractivity contribution in [2.24, 2.45) is 5.92 Å². The third-order valence-electron chi connectivity index (χ3n) is 8.62. The summed E-state index contributed by atoms with van der Waals surface area (Å²) in [6.45, 7) is 2.82. The molecule has 3 atom stereocenters. The smallest absolute Gasteiger partial charge is 0.336 e. The molecule has 7 rings (SSSR count). The molecule has 5 nitrogen and oxygen atoms in total. The molecule has 0 spiro atoms. The number of carbonyl (C=O) groups is 1. The molecule has 0 unspecified atom stereocenters. The molecule has 5 aromatic rings. The van der Waals surface area contributed by atoms with Crippen molar-refractivity contribution < 1.29 is 22.4 Å². The normalized spacial score (nSPS) is 21.7. The summed E-state index contributed by atoms with van der Waals surface area (Å²) >= 11 is 0. The highest BCUT2D eigenvalue weighted by Crippen LogP contribution is 2.70. The zero-order valence-electron chi connectivity index (χ0n) is 21.9. The van der Waals surface area contributed by atoms with Crippen LogP contribution >= 0.6 is 0 Å². The Kier molecular flexibility index (Phi) is 5.58. The van der Waals surface area contributed by atoms with Gasteiger partial charge < -0.3 is 4.90 Å². The van der Waals surface area contributed by atoms with E-state index in [0.717, 1.165) is 46.0 Å². The SMILES string of the molecule is Cc1cc2c(cnn2-c2ccc(F)cc2)cc1[C@@]12CN(C(=O)c3cc(C(F)(F)F)ccn3)C[C@@H]1[C@H]2c1ccccc1. The number of halogens is 4. The van der Waals surface area contributed by atoms with Gasteiger partial charge in [0.05, 0.1) is 23.0 Å². The van der Waals surface area contributed by atoms with Crippen molar-refractivity contribution in [1.29, 1.82) is 0 Å². The predicted octanol–water partition coefficient (Wildman–Crippen LogP) is 6.69. The summed E-state index contributed by atoms with van der Waals surface area (Å²) in [5, 5.41) is 5.47. The van der Waals surface area contributed by atoms with Crippen molar-refractivity contribution in [2.75, 3.05) is 13.1 Å². The van der Waals surface area contributed by atoms with Gasteiger partial charge in [-0.15, -0.1) is 0 Å². The minimum Gasteiger partial charge on any atom is -0.336 e. The summed E-state index contributed by atoms with van der Waals surface area (Å²) in [6, 6.07) is 22.1. The van der Waals surface area contributed by atoms with Gasteiger partial charge in [0.1, 0.15) is 11.5 Å². The number of nitrogens with zero attached hydrogens (tertiary/aromatic N) is 4. The fraction of sp³-hybridized carbons (Fsp3) is 0.219. The van der Waals surface area contributed by atoms with Gasteiger partial charge in [-0.1, -0.05) is 30.3 Å². The minimum atomic E-state index is -4.56. The summed E-state index contributed by atoms with van der Waals surface area (Å²) in [5.41, 5.74) is 3.41. The summed E-state index contributed by atoms with van der Waals surface area (Å²) in [6.07, 6.45) is -1.75. The number of aromatic nitrogens is 3. The van der Waals surface area contributed by atoms with Crippen LogP contribution in [0, 0.1) is 18.7 Å². The maximum atomic E-state index is 13.5. The van der Waals surface area contributed by atoms with Crippen LogP contribution in [0.2, 0.25) is 0 Å². The molecule has 41 heavy (non-hydrogen) atoms. The number of rotatable bonds is 4. The Morgan fingerprint density at radius 1 is 1.00 bits per heavy atom. The Hall–Kier alpha value is -4.53.